The Balaban J connectivity index is 1.55. The highest BCUT2D eigenvalue weighted by atomic mass is 16.5. The average Bonchev–Trinajstić information content (AvgIpc) is 3.22. The maximum absolute atomic E-state index is 12.6. The molecular formula is C18H19N5O3. The first-order chi connectivity index (χ1) is 12.6. The highest BCUT2D eigenvalue weighted by Gasteiger charge is 2.30. The van der Waals surface area contributed by atoms with Crippen LogP contribution in [0.1, 0.15) is 31.3 Å². The molecule has 1 aromatic carbocycles. The van der Waals surface area contributed by atoms with Gasteiger partial charge in [-0.15, -0.1) is 0 Å². The van der Waals surface area contributed by atoms with Gasteiger partial charge in [-0.3, -0.25) is 9.59 Å². The van der Waals surface area contributed by atoms with Gasteiger partial charge in [-0.2, -0.15) is 5.10 Å². The third kappa shape index (κ3) is 2.73. The first kappa shape index (κ1) is 16.3. The smallest absolute Gasteiger partial charge is 0.275 e. The molecule has 4 rings (SSSR count). The summed E-state index contributed by atoms with van der Waals surface area (Å²) < 4.78 is 8.39. The maximum Gasteiger partial charge on any atom is 0.275 e. The quantitative estimate of drug-likeness (QED) is 0.766. The number of hydrogen-bond donors (Lipinski definition) is 1. The maximum atomic E-state index is 12.6. The summed E-state index contributed by atoms with van der Waals surface area (Å²) in [5, 5.41) is 8.24. The van der Waals surface area contributed by atoms with Crippen LogP contribution in [0.15, 0.2) is 41.6 Å². The summed E-state index contributed by atoms with van der Waals surface area (Å²) in [7, 11) is 1.54. The molecule has 2 unspecified atom stereocenters. The number of rotatable bonds is 4. The molecule has 1 N–H and O–H groups in total. The van der Waals surface area contributed by atoms with Gasteiger partial charge in [-0.1, -0.05) is 0 Å². The molecule has 0 fully saturated rings. The van der Waals surface area contributed by atoms with Crippen molar-refractivity contribution in [1.82, 2.24) is 24.6 Å². The van der Waals surface area contributed by atoms with Gasteiger partial charge in [0, 0.05) is 23.8 Å². The molecular weight excluding hydrogens is 334 g/mol. The molecule has 0 aliphatic carbocycles. The van der Waals surface area contributed by atoms with Crippen molar-refractivity contribution < 1.29 is 9.53 Å². The van der Waals surface area contributed by atoms with Crippen LogP contribution in [0.2, 0.25) is 0 Å². The molecule has 0 bridgehead atoms. The summed E-state index contributed by atoms with van der Waals surface area (Å²) in [6.45, 7) is 1.94. The third-order valence-electron chi connectivity index (χ3n) is 4.75. The lowest BCUT2D eigenvalue weighted by molar-refractivity contribution is -0.122. The van der Waals surface area contributed by atoms with Crippen molar-refractivity contribution in [1.29, 1.82) is 0 Å². The summed E-state index contributed by atoms with van der Waals surface area (Å²) in [4.78, 5) is 29.4. The molecule has 1 aliphatic rings. The molecule has 8 nitrogen and oxygen atoms in total. The number of nitrogens with zero attached hydrogens (tertiary/aromatic N) is 4. The number of carbonyl (C=O) groups is 1. The van der Waals surface area contributed by atoms with E-state index in [0.29, 0.717) is 16.5 Å². The van der Waals surface area contributed by atoms with Gasteiger partial charge in [0.1, 0.15) is 18.1 Å². The summed E-state index contributed by atoms with van der Waals surface area (Å²) in [5.41, 5.74) is -0.321. The zero-order valence-corrected chi connectivity index (χ0v) is 14.5. The first-order valence-corrected chi connectivity index (χ1v) is 8.43. The molecule has 3 aromatic rings. The Hall–Kier alpha value is -3.16. The van der Waals surface area contributed by atoms with E-state index in [9.17, 15) is 9.59 Å². The van der Waals surface area contributed by atoms with Crippen molar-refractivity contribution in [3.05, 3.63) is 53.0 Å². The van der Waals surface area contributed by atoms with E-state index in [1.165, 1.54) is 4.68 Å². The Morgan fingerprint density at radius 1 is 1.42 bits per heavy atom. The lowest BCUT2D eigenvalue weighted by atomic mass is 10.1. The minimum Gasteiger partial charge on any atom is -0.497 e. The van der Waals surface area contributed by atoms with Crippen LogP contribution in [-0.2, 0) is 11.3 Å². The van der Waals surface area contributed by atoms with Gasteiger partial charge in [0.05, 0.1) is 24.7 Å². The monoisotopic (exact) mass is 353 g/mol. The van der Waals surface area contributed by atoms with Crippen molar-refractivity contribution in [3.8, 4) is 5.75 Å². The van der Waals surface area contributed by atoms with E-state index in [-0.39, 0.29) is 30.1 Å². The second kappa shape index (κ2) is 6.29. The Morgan fingerprint density at radius 2 is 2.27 bits per heavy atom. The Morgan fingerprint density at radius 3 is 3.08 bits per heavy atom. The van der Waals surface area contributed by atoms with Crippen LogP contribution in [0.5, 0.6) is 5.75 Å². The van der Waals surface area contributed by atoms with E-state index >= 15 is 0 Å². The fourth-order valence-electron chi connectivity index (χ4n) is 3.42. The highest BCUT2D eigenvalue weighted by molar-refractivity contribution is 5.82. The second-order valence-corrected chi connectivity index (χ2v) is 6.46. The molecule has 1 amide bonds. The van der Waals surface area contributed by atoms with E-state index < -0.39 is 0 Å². The van der Waals surface area contributed by atoms with Crippen molar-refractivity contribution in [3.63, 3.8) is 0 Å². The number of nitrogens with one attached hydrogen (secondary N) is 1. The van der Waals surface area contributed by atoms with Crippen LogP contribution in [0.3, 0.4) is 0 Å². The van der Waals surface area contributed by atoms with Crippen molar-refractivity contribution in [2.24, 2.45) is 0 Å². The van der Waals surface area contributed by atoms with Crippen LogP contribution in [0.4, 0.5) is 0 Å². The van der Waals surface area contributed by atoms with Crippen LogP contribution in [0, 0.1) is 0 Å². The Kier molecular flexibility index (Phi) is 3.95. The number of imidazole rings is 1. The number of methoxy groups -OCH3 is 1. The van der Waals surface area contributed by atoms with Gasteiger partial charge in [-0.05, 0) is 31.5 Å². The predicted octanol–water partition coefficient (Wildman–Crippen LogP) is 1.42. The third-order valence-corrected chi connectivity index (χ3v) is 4.75. The van der Waals surface area contributed by atoms with Gasteiger partial charge >= 0.3 is 0 Å². The number of carbonyl (C=O) groups excluding carboxylic acids is 1. The summed E-state index contributed by atoms with van der Waals surface area (Å²) in [6.07, 6.45) is 6.00. The normalized spacial score (nSPS) is 18.7. The van der Waals surface area contributed by atoms with Gasteiger partial charge in [-0.25, -0.2) is 9.67 Å². The molecule has 0 saturated carbocycles. The fourth-order valence-corrected chi connectivity index (χ4v) is 3.42. The van der Waals surface area contributed by atoms with Crippen LogP contribution >= 0.6 is 0 Å². The largest absolute Gasteiger partial charge is 0.497 e. The van der Waals surface area contributed by atoms with Gasteiger partial charge in [0.25, 0.3) is 5.56 Å². The molecule has 26 heavy (non-hydrogen) atoms. The summed E-state index contributed by atoms with van der Waals surface area (Å²) in [6, 6.07) is 5.33. The topological polar surface area (TPSA) is 91.0 Å². The molecule has 0 saturated heterocycles. The zero-order valence-electron chi connectivity index (χ0n) is 14.5. The molecule has 0 spiro atoms. The highest BCUT2D eigenvalue weighted by Crippen LogP contribution is 2.32. The predicted molar refractivity (Wildman–Crippen MR) is 95.0 cm³/mol. The van der Waals surface area contributed by atoms with E-state index in [4.69, 9.17) is 4.74 Å². The molecule has 134 valence electrons. The minimum atomic E-state index is -0.321. The second-order valence-electron chi connectivity index (χ2n) is 6.46. The van der Waals surface area contributed by atoms with E-state index in [1.807, 2.05) is 6.20 Å². The zero-order chi connectivity index (χ0) is 18.3. The number of hydrogen-bond acceptors (Lipinski definition) is 5. The minimum absolute atomic E-state index is 0.141. The van der Waals surface area contributed by atoms with Crippen LogP contribution in [0.25, 0.3) is 10.8 Å². The average molecular weight is 353 g/mol. The number of amides is 1. The number of benzene rings is 1. The summed E-state index contributed by atoms with van der Waals surface area (Å²) >= 11 is 0. The fraction of sp³-hybridized carbons (Fsp3) is 0.333. The van der Waals surface area contributed by atoms with Gasteiger partial charge in [0.2, 0.25) is 5.91 Å². The standard InChI is InChI=1S/C18H19N5O3/c1-11-7-15(17-19-5-6-22(11)17)21-16(24)10-23-18(25)14-8-13(26-2)4-3-12(14)9-20-23/h3-6,8-9,11,15H,7,10H2,1-2H3,(H,21,24). The molecule has 8 heteroatoms. The first-order valence-electron chi connectivity index (χ1n) is 8.43. The number of aromatic nitrogens is 4. The van der Waals surface area contributed by atoms with Gasteiger partial charge in [0.15, 0.2) is 0 Å². The van der Waals surface area contributed by atoms with E-state index in [2.05, 4.69) is 26.9 Å². The summed E-state index contributed by atoms with van der Waals surface area (Å²) in [5.74, 6) is 1.16. The van der Waals surface area contributed by atoms with E-state index in [0.717, 1.165) is 12.2 Å². The van der Waals surface area contributed by atoms with Crippen molar-refractivity contribution >= 4 is 16.7 Å². The molecule has 0 radical (unpaired) electrons. The van der Waals surface area contributed by atoms with Gasteiger partial charge < -0.3 is 14.6 Å². The lowest BCUT2D eigenvalue weighted by Crippen LogP contribution is -2.35. The number of fused-ring (bicyclic) bond motifs is 2. The lowest BCUT2D eigenvalue weighted by Gasteiger charge is -2.12. The Bertz CT molecular complexity index is 1040. The van der Waals surface area contributed by atoms with E-state index in [1.54, 1.807) is 37.7 Å². The Labute approximate surface area is 149 Å². The van der Waals surface area contributed by atoms with Crippen molar-refractivity contribution in [2.75, 3.05) is 7.11 Å². The van der Waals surface area contributed by atoms with Crippen LogP contribution < -0.4 is 15.6 Å². The SMILES string of the molecule is COc1ccc2cnn(CC(=O)NC3CC(C)n4ccnc43)c(=O)c2c1. The molecule has 3 heterocycles. The van der Waals surface area contributed by atoms with Crippen molar-refractivity contribution in [2.45, 2.75) is 32.0 Å². The number of ether oxygens (including phenoxy) is 1. The molecule has 1 aliphatic heterocycles. The van der Waals surface area contributed by atoms with Crippen LogP contribution in [-0.4, -0.2) is 32.3 Å². The molecule has 2 atom stereocenters. The molecule has 2 aromatic heterocycles.